The summed E-state index contributed by atoms with van der Waals surface area (Å²) < 4.78 is 0.464. The van der Waals surface area contributed by atoms with Crippen molar-refractivity contribution in [3.8, 4) is 11.5 Å². The van der Waals surface area contributed by atoms with E-state index in [-0.39, 0.29) is 48.4 Å². The summed E-state index contributed by atoms with van der Waals surface area (Å²) in [4.78, 5) is 26.9. The molecular weight excluding hydrogens is 576 g/mol. The average molecular weight is 602 g/mol. The second-order valence-electron chi connectivity index (χ2n) is 8.70. The summed E-state index contributed by atoms with van der Waals surface area (Å²) in [6.45, 7) is 2.20. The van der Waals surface area contributed by atoms with Crippen molar-refractivity contribution in [3.05, 3.63) is 73.2 Å². The van der Waals surface area contributed by atoms with E-state index in [2.05, 4.69) is 44.1 Å². The molecule has 0 spiro atoms. The minimum atomic E-state index is -0.629. The number of carbonyl (C=O) groups excluding carboxylic acids is 2. The van der Waals surface area contributed by atoms with E-state index in [4.69, 9.17) is 5.73 Å². The maximum Gasteiger partial charge on any atom is 0.200 e. The van der Waals surface area contributed by atoms with Crippen LogP contribution in [0.2, 0.25) is 0 Å². The summed E-state index contributed by atoms with van der Waals surface area (Å²) in [5.74, 6) is -1.95. The quantitative estimate of drug-likeness (QED) is 0.0962. The number of phenols is 2. The van der Waals surface area contributed by atoms with Crippen LogP contribution >= 0.6 is 31.9 Å². The smallest absolute Gasteiger partial charge is 0.200 e. The number of hydrogen-bond acceptors (Lipinski definition) is 6. The standard InChI is InChI=1S/C27H26Br2N2O4/c1-2-3-4-5-6-7-14-8-10-15(11-9-14)31-19-13-17(29)25(33)23-21(19)27(35)22-20(26(23)34)18(30)12-16(28)24(22)32/h8-13,31-33H,2-7,30H2,1H3. The molecule has 8 heteroatoms. The average Bonchev–Trinajstić information content (AvgIpc) is 2.83. The van der Waals surface area contributed by atoms with Gasteiger partial charge in [0.15, 0.2) is 0 Å². The summed E-state index contributed by atoms with van der Waals surface area (Å²) in [6, 6.07) is 10.8. The summed E-state index contributed by atoms with van der Waals surface area (Å²) in [6.07, 6.45) is 7.11. The number of carbonyl (C=O) groups is 2. The Labute approximate surface area is 220 Å². The van der Waals surface area contributed by atoms with Crippen molar-refractivity contribution >= 4 is 60.5 Å². The molecular formula is C27H26Br2N2O4. The molecule has 0 saturated heterocycles. The molecule has 35 heavy (non-hydrogen) atoms. The van der Waals surface area contributed by atoms with E-state index >= 15 is 0 Å². The van der Waals surface area contributed by atoms with Gasteiger partial charge in [-0.15, -0.1) is 0 Å². The van der Waals surface area contributed by atoms with Crippen LogP contribution in [-0.4, -0.2) is 21.8 Å². The van der Waals surface area contributed by atoms with Crippen molar-refractivity contribution in [3.63, 3.8) is 0 Å². The Morgan fingerprint density at radius 3 is 2.03 bits per heavy atom. The summed E-state index contributed by atoms with van der Waals surface area (Å²) in [5, 5.41) is 24.4. The normalized spacial score (nSPS) is 12.4. The predicted octanol–water partition coefficient (Wildman–Crippen LogP) is 7.24. The highest BCUT2D eigenvalue weighted by molar-refractivity contribution is 9.11. The van der Waals surface area contributed by atoms with E-state index in [1.807, 2.05) is 24.3 Å². The van der Waals surface area contributed by atoms with Gasteiger partial charge in [-0.1, -0.05) is 44.7 Å². The first-order chi connectivity index (χ1) is 16.7. The third kappa shape index (κ3) is 4.82. The van der Waals surface area contributed by atoms with Gasteiger partial charge in [-0.05, 0) is 74.5 Å². The zero-order valence-electron chi connectivity index (χ0n) is 19.3. The first kappa shape index (κ1) is 25.3. The van der Waals surface area contributed by atoms with Crippen LogP contribution in [0.3, 0.4) is 0 Å². The van der Waals surface area contributed by atoms with Gasteiger partial charge < -0.3 is 21.3 Å². The van der Waals surface area contributed by atoms with Gasteiger partial charge in [0, 0.05) is 11.4 Å². The number of nitrogens with one attached hydrogen (secondary N) is 1. The predicted molar refractivity (Wildman–Crippen MR) is 145 cm³/mol. The van der Waals surface area contributed by atoms with Crippen LogP contribution in [0.5, 0.6) is 11.5 Å². The van der Waals surface area contributed by atoms with Gasteiger partial charge in [0.25, 0.3) is 0 Å². The third-order valence-corrected chi connectivity index (χ3v) is 7.46. The van der Waals surface area contributed by atoms with E-state index in [1.165, 1.54) is 37.3 Å². The minimum Gasteiger partial charge on any atom is -0.506 e. The topological polar surface area (TPSA) is 113 Å². The van der Waals surface area contributed by atoms with Crippen LogP contribution in [0.1, 0.15) is 76.4 Å². The summed E-state index contributed by atoms with van der Waals surface area (Å²) in [5.41, 5.74) is 7.87. The highest BCUT2D eigenvalue weighted by atomic mass is 79.9. The molecule has 6 nitrogen and oxygen atoms in total. The fourth-order valence-electron chi connectivity index (χ4n) is 4.41. The Kier molecular flexibility index (Phi) is 7.52. The molecule has 1 aliphatic carbocycles. The Balaban J connectivity index is 1.68. The second-order valence-corrected chi connectivity index (χ2v) is 10.4. The Bertz CT molecular complexity index is 1320. The maximum atomic E-state index is 13.5. The molecule has 0 atom stereocenters. The van der Waals surface area contributed by atoms with E-state index in [0.29, 0.717) is 5.69 Å². The number of nitrogens with two attached hydrogens (primary N) is 1. The van der Waals surface area contributed by atoms with E-state index < -0.39 is 11.6 Å². The number of phenolic OH excluding ortho intramolecular Hbond substituents is 2. The van der Waals surface area contributed by atoms with Crippen LogP contribution in [-0.2, 0) is 6.42 Å². The van der Waals surface area contributed by atoms with Gasteiger partial charge >= 0.3 is 0 Å². The largest absolute Gasteiger partial charge is 0.506 e. The van der Waals surface area contributed by atoms with E-state index in [1.54, 1.807) is 6.07 Å². The molecule has 1 aliphatic rings. The van der Waals surface area contributed by atoms with Gasteiger partial charge in [0.2, 0.25) is 11.6 Å². The van der Waals surface area contributed by atoms with Gasteiger partial charge in [-0.25, -0.2) is 0 Å². The molecule has 4 rings (SSSR count). The second kappa shape index (κ2) is 10.4. The molecule has 0 heterocycles. The van der Waals surface area contributed by atoms with Gasteiger partial charge in [-0.3, -0.25) is 9.59 Å². The van der Waals surface area contributed by atoms with Crippen LogP contribution in [0.25, 0.3) is 0 Å². The minimum absolute atomic E-state index is 0.0176. The number of aromatic hydroxyl groups is 2. The molecule has 0 amide bonds. The molecule has 182 valence electrons. The number of halogens is 2. The lowest BCUT2D eigenvalue weighted by atomic mass is 9.81. The van der Waals surface area contributed by atoms with Crippen molar-refractivity contribution < 1.29 is 19.8 Å². The fraction of sp³-hybridized carbons (Fsp3) is 0.259. The molecule has 0 radical (unpaired) electrons. The van der Waals surface area contributed by atoms with Crippen molar-refractivity contribution in [2.45, 2.75) is 45.4 Å². The first-order valence-electron chi connectivity index (χ1n) is 11.6. The number of anilines is 3. The molecule has 0 aliphatic heterocycles. The number of hydrogen-bond donors (Lipinski definition) is 4. The lowest BCUT2D eigenvalue weighted by molar-refractivity contribution is 0.0975. The molecule has 0 saturated carbocycles. The number of benzene rings is 3. The molecule has 5 N–H and O–H groups in total. The zero-order valence-corrected chi connectivity index (χ0v) is 22.4. The molecule has 3 aromatic rings. The van der Waals surface area contributed by atoms with E-state index in [0.717, 1.165) is 18.5 Å². The van der Waals surface area contributed by atoms with Gasteiger partial charge in [-0.2, -0.15) is 0 Å². The Morgan fingerprint density at radius 2 is 1.37 bits per heavy atom. The van der Waals surface area contributed by atoms with E-state index in [9.17, 15) is 19.8 Å². The number of unbranched alkanes of at least 4 members (excludes halogenated alkanes) is 4. The Morgan fingerprint density at radius 1 is 0.800 bits per heavy atom. The summed E-state index contributed by atoms with van der Waals surface area (Å²) >= 11 is 6.47. The van der Waals surface area contributed by atoms with Gasteiger partial charge in [0.1, 0.15) is 11.5 Å². The number of fused-ring (bicyclic) bond motifs is 2. The first-order valence-corrected chi connectivity index (χ1v) is 13.1. The van der Waals surface area contributed by atoms with Crippen molar-refractivity contribution in [1.29, 1.82) is 0 Å². The van der Waals surface area contributed by atoms with Crippen molar-refractivity contribution in [2.24, 2.45) is 0 Å². The van der Waals surface area contributed by atoms with Gasteiger partial charge in [0.05, 0.1) is 36.9 Å². The van der Waals surface area contributed by atoms with Crippen LogP contribution in [0.15, 0.2) is 45.3 Å². The molecule has 3 aromatic carbocycles. The summed E-state index contributed by atoms with van der Waals surface area (Å²) in [7, 11) is 0. The lowest BCUT2D eigenvalue weighted by Crippen LogP contribution is -2.24. The molecule has 0 fully saturated rings. The monoisotopic (exact) mass is 600 g/mol. The number of aryl methyl sites for hydroxylation is 1. The number of ketones is 2. The highest BCUT2D eigenvalue weighted by Gasteiger charge is 2.39. The molecule has 0 unspecified atom stereocenters. The highest BCUT2D eigenvalue weighted by Crippen LogP contribution is 2.47. The SMILES string of the molecule is CCCCCCCc1ccc(Nc2cc(Br)c(O)c3c2C(=O)c2c(O)c(Br)cc(N)c2C3=O)cc1. The van der Waals surface area contributed by atoms with Crippen LogP contribution in [0.4, 0.5) is 17.1 Å². The zero-order chi connectivity index (χ0) is 25.3. The lowest BCUT2D eigenvalue weighted by Gasteiger charge is -2.24. The number of nitrogen functional groups attached to an aromatic ring is 1. The van der Waals surface area contributed by atoms with Crippen LogP contribution in [0, 0.1) is 0 Å². The van der Waals surface area contributed by atoms with Crippen molar-refractivity contribution in [2.75, 3.05) is 11.1 Å². The third-order valence-electron chi connectivity index (χ3n) is 6.25. The number of rotatable bonds is 8. The molecule has 0 aromatic heterocycles. The Hall–Kier alpha value is -2.84. The van der Waals surface area contributed by atoms with Crippen molar-refractivity contribution in [1.82, 2.24) is 0 Å². The fourth-order valence-corrected chi connectivity index (χ4v) is 5.29. The maximum absolute atomic E-state index is 13.5. The molecule has 0 bridgehead atoms. The van der Waals surface area contributed by atoms with Crippen LogP contribution < -0.4 is 11.1 Å².